The number of carbonyl (C=O) groups is 2. The molecule has 0 saturated heterocycles. The maximum Gasteiger partial charge on any atom is 0.338 e. The van der Waals surface area contributed by atoms with Gasteiger partial charge in [-0.05, 0) is 35.9 Å². The number of thiophene rings is 1. The smallest absolute Gasteiger partial charge is 0.338 e. The zero-order valence-corrected chi connectivity index (χ0v) is 19.5. The van der Waals surface area contributed by atoms with Crippen molar-refractivity contribution in [2.75, 3.05) is 21.3 Å². The number of ether oxygens (including phenoxy) is 3. The third-order valence-corrected chi connectivity index (χ3v) is 6.21. The third-order valence-electron chi connectivity index (χ3n) is 5.03. The maximum atomic E-state index is 12.9. The summed E-state index contributed by atoms with van der Waals surface area (Å²) in [5.41, 5.74) is 2.99. The van der Waals surface area contributed by atoms with Crippen LogP contribution in [0, 0.1) is 0 Å². The molecule has 0 bridgehead atoms. The van der Waals surface area contributed by atoms with E-state index in [1.807, 2.05) is 12.1 Å². The lowest BCUT2D eigenvalue weighted by atomic mass is 10.0. The number of carbonyl (C=O) groups excluding carboxylic acids is 2. The van der Waals surface area contributed by atoms with Gasteiger partial charge in [-0.25, -0.2) is 4.79 Å². The van der Waals surface area contributed by atoms with Crippen molar-refractivity contribution in [3.05, 3.63) is 88.8 Å². The van der Waals surface area contributed by atoms with Gasteiger partial charge in [0.2, 0.25) is 0 Å². The minimum absolute atomic E-state index is 0.213. The molecule has 3 aromatic rings. The predicted octanol–water partition coefficient (Wildman–Crippen LogP) is 6.40. The molecule has 0 aliphatic carbocycles. The lowest BCUT2D eigenvalue weighted by Crippen LogP contribution is -2.08. The highest BCUT2D eigenvalue weighted by Gasteiger charge is 2.17. The van der Waals surface area contributed by atoms with Crippen molar-refractivity contribution in [1.29, 1.82) is 0 Å². The molecule has 33 heavy (non-hydrogen) atoms. The van der Waals surface area contributed by atoms with Gasteiger partial charge in [0.25, 0.3) is 0 Å². The number of ketones is 1. The van der Waals surface area contributed by atoms with Crippen molar-refractivity contribution < 1.29 is 23.8 Å². The van der Waals surface area contributed by atoms with E-state index in [9.17, 15) is 9.59 Å². The molecule has 0 N–H and O–H groups in total. The Hall–Kier alpha value is -3.90. The number of esters is 1. The van der Waals surface area contributed by atoms with E-state index in [1.165, 1.54) is 13.2 Å². The van der Waals surface area contributed by atoms with Gasteiger partial charge in [0.15, 0.2) is 5.78 Å². The number of allylic oxidation sites excluding steroid dienone is 1. The highest BCUT2D eigenvalue weighted by atomic mass is 32.1. The Morgan fingerprint density at radius 3 is 2.15 bits per heavy atom. The average Bonchev–Trinajstić information content (AvgIpc) is 3.29. The topological polar surface area (TPSA) is 61.8 Å². The zero-order valence-electron chi connectivity index (χ0n) is 18.7. The average molecular weight is 461 g/mol. The Morgan fingerprint density at radius 2 is 1.58 bits per heavy atom. The summed E-state index contributed by atoms with van der Waals surface area (Å²) in [6.07, 6.45) is 6.65. The highest BCUT2D eigenvalue weighted by Crippen LogP contribution is 2.41. The van der Waals surface area contributed by atoms with Gasteiger partial charge in [0.1, 0.15) is 11.5 Å². The van der Waals surface area contributed by atoms with Crippen LogP contribution in [-0.2, 0) is 4.74 Å². The lowest BCUT2D eigenvalue weighted by molar-refractivity contribution is 0.0597. The monoisotopic (exact) mass is 460 g/mol. The van der Waals surface area contributed by atoms with Crippen LogP contribution in [0.3, 0.4) is 0 Å². The number of hydrogen-bond donors (Lipinski definition) is 0. The summed E-state index contributed by atoms with van der Waals surface area (Å²) in [5, 5.41) is 0. The van der Waals surface area contributed by atoms with Crippen molar-refractivity contribution in [2.45, 2.75) is 0 Å². The Labute approximate surface area is 197 Å². The first-order chi connectivity index (χ1) is 16.0. The van der Waals surface area contributed by atoms with E-state index in [1.54, 1.807) is 74.1 Å². The van der Waals surface area contributed by atoms with Crippen LogP contribution in [0.4, 0.5) is 0 Å². The molecule has 0 aliphatic heterocycles. The Balaban J connectivity index is 2.06. The summed E-state index contributed by atoms with van der Waals surface area (Å²) >= 11 is 1.57. The van der Waals surface area contributed by atoms with E-state index < -0.39 is 5.97 Å². The summed E-state index contributed by atoms with van der Waals surface area (Å²) in [6, 6.07) is 12.2. The summed E-state index contributed by atoms with van der Waals surface area (Å²) in [5.74, 6) is 0.295. The van der Waals surface area contributed by atoms with Crippen LogP contribution in [0.1, 0.15) is 36.7 Å². The van der Waals surface area contributed by atoms with Gasteiger partial charge in [0, 0.05) is 32.5 Å². The van der Waals surface area contributed by atoms with Gasteiger partial charge in [-0.2, -0.15) is 0 Å². The molecule has 0 fully saturated rings. The van der Waals surface area contributed by atoms with Crippen LogP contribution >= 0.6 is 11.3 Å². The van der Waals surface area contributed by atoms with Crippen molar-refractivity contribution in [2.24, 2.45) is 0 Å². The lowest BCUT2D eigenvalue weighted by Gasteiger charge is -2.12. The van der Waals surface area contributed by atoms with Crippen LogP contribution in [-0.4, -0.2) is 33.1 Å². The molecule has 2 aromatic carbocycles. The van der Waals surface area contributed by atoms with E-state index in [4.69, 9.17) is 14.2 Å². The fraction of sp³-hybridized carbons (Fsp3) is 0.111. The van der Waals surface area contributed by atoms with Crippen LogP contribution in [0.25, 0.3) is 28.7 Å². The maximum absolute atomic E-state index is 12.9. The number of methoxy groups -OCH3 is 3. The van der Waals surface area contributed by atoms with Crippen molar-refractivity contribution in [1.82, 2.24) is 0 Å². The Morgan fingerprint density at radius 1 is 0.879 bits per heavy atom. The molecular formula is C27H24O5S. The van der Waals surface area contributed by atoms with E-state index in [0.717, 1.165) is 20.9 Å². The van der Waals surface area contributed by atoms with Crippen LogP contribution in [0.2, 0.25) is 0 Å². The molecular weight excluding hydrogens is 436 g/mol. The van der Waals surface area contributed by atoms with Crippen LogP contribution < -0.4 is 9.47 Å². The molecule has 0 radical (unpaired) electrons. The first-order valence-corrected chi connectivity index (χ1v) is 10.8. The molecule has 1 heterocycles. The fourth-order valence-electron chi connectivity index (χ4n) is 3.36. The second-order valence-corrected chi connectivity index (χ2v) is 7.95. The Kier molecular flexibility index (Phi) is 7.64. The molecule has 6 heteroatoms. The molecule has 0 amide bonds. The minimum atomic E-state index is -0.564. The van der Waals surface area contributed by atoms with E-state index in [-0.39, 0.29) is 16.9 Å². The first kappa shape index (κ1) is 23.8. The van der Waals surface area contributed by atoms with Gasteiger partial charge in [-0.1, -0.05) is 43.5 Å². The summed E-state index contributed by atoms with van der Waals surface area (Å²) < 4.78 is 15.9. The van der Waals surface area contributed by atoms with E-state index >= 15 is 0 Å². The fourth-order valence-corrected chi connectivity index (χ4v) is 4.39. The quantitative estimate of drug-likeness (QED) is 0.210. The summed E-state index contributed by atoms with van der Waals surface area (Å²) in [4.78, 5) is 26.9. The third kappa shape index (κ3) is 4.96. The number of benzene rings is 2. The van der Waals surface area contributed by atoms with Gasteiger partial charge in [-0.15, -0.1) is 11.3 Å². The predicted molar refractivity (Wildman–Crippen MR) is 134 cm³/mol. The normalized spacial score (nSPS) is 10.6. The van der Waals surface area contributed by atoms with E-state index in [0.29, 0.717) is 17.1 Å². The van der Waals surface area contributed by atoms with Crippen molar-refractivity contribution >= 4 is 41.3 Å². The molecule has 168 valence electrons. The van der Waals surface area contributed by atoms with Crippen molar-refractivity contribution in [3.8, 4) is 21.9 Å². The number of rotatable bonds is 9. The molecule has 0 atom stereocenters. The molecule has 0 spiro atoms. The van der Waals surface area contributed by atoms with Gasteiger partial charge < -0.3 is 14.2 Å². The number of hydrogen-bond acceptors (Lipinski definition) is 6. The van der Waals surface area contributed by atoms with Gasteiger partial charge in [-0.3, -0.25) is 4.79 Å². The molecule has 1 aromatic heterocycles. The van der Waals surface area contributed by atoms with Gasteiger partial charge in [0.05, 0.1) is 26.9 Å². The largest absolute Gasteiger partial charge is 0.496 e. The van der Waals surface area contributed by atoms with Crippen molar-refractivity contribution in [3.63, 3.8) is 0 Å². The molecule has 0 saturated carbocycles. The second kappa shape index (κ2) is 10.6. The molecule has 0 unspecified atom stereocenters. The molecule has 5 nitrogen and oxygen atoms in total. The van der Waals surface area contributed by atoms with Gasteiger partial charge >= 0.3 is 5.97 Å². The standard InChI is InChI=1S/C27H24O5S/c1-6-17-15-26(33-25(17)7-2)21-14-18(23(30-3)16-24(21)31-4)12-13-22(28)19-10-8-9-11-20(19)27(29)32-5/h6-16H,1-2H2,3-5H3/b13-12+. The summed E-state index contributed by atoms with van der Waals surface area (Å²) in [6.45, 7) is 7.73. The second-order valence-electron chi connectivity index (χ2n) is 6.87. The van der Waals surface area contributed by atoms with Crippen LogP contribution in [0.15, 0.2) is 61.7 Å². The first-order valence-electron chi connectivity index (χ1n) is 10.0. The molecule has 3 rings (SSSR count). The van der Waals surface area contributed by atoms with Crippen LogP contribution in [0.5, 0.6) is 11.5 Å². The SMILES string of the molecule is C=Cc1cc(-c2cc(/C=C/C(=O)c3ccccc3C(=O)OC)c(OC)cc2OC)sc1C=C. The minimum Gasteiger partial charge on any atom is -0.496 e. The Bertz CT molecular complexity index is 1220. The highest BCUT2D eigenvalue weighted by molar-refractivity contribution is 7.16. The molecule has 0 aliphatic rings. The zero-order chi connectivity index (χ0) is 24.0. The van der Waals surface area contributed by atoms with E-state index in [2.05, 4.69) is 13.2 Å². The summed E-state index contributed by atoms with van der Waals surface area (Å²) in [7, 11) is 4.43.